The van der Waals surface area contributed by atoms with Gasteiger partial charge in [0.25, 0.3) is 0 Å². The number of nitrogens with zero attached hydrogens (tertiary/aromatic N) is 2. The van der Waals surface area contributed by atoms with E-state index in [-0.39, 0.29) is 0 Å². The first kappa shape index (κ1) is 11.8. The van der Waals surface area contributed by atoms with Crippen molar-refractivity contribution in [2.45, 2.75) is 27.4 Å². The summed E-state index contributed by atoms with van der Waals surface area (Å²) < 4.78 is 10.5. The molecule has 0 saturated carbocycles. The maximum atomic E-state index is 5.56. The summed E-state index contributed by atoms with van der Waals surface area (Å²) in [4.78, 5) is 0. The molecule has 0 saturated heterocycles. The smallest absolute Gasteiger partial charge is 0.248 e. The fraction of sp³-hybridized carbons (Fsp3) is 0.385. The highest BCUT2D eigenvalue weighted by Gasteiger charge is 2.13. The van der Waals surface area contributed by atoms with E-state index in [0.717, 1.165) is 16.7 Å². The van der Waals surface area contributed by atoms with Crippen molar-refractivity contribution in [3.63, 3.8) is 0 Å². The SMILES string of the molecule is COCc1nnc(-c2c(C)cc(C)cc2C)o1. The predicted octanol–water partition coefficient (Wildman–Crippen LogP) is 2.81. The molecule has 0 radical (unpaired) electrons. The van der Waals surface area contributed by atoms with Gasteiger partial charge in [-0.25, -0.2) is 0 Å². The quantitative estimate of drug-likeness (QED) is 0.816. The second-order valence-corrected chi connectivity index (χ2v) is 4.21. The van der Waals surface area contributed by atoms with Crippen molar-refractivity contribution in [1.82, 2.24) is 10.2 Å². The summed E-state index contributed by atoms with van der Waals surface area (Å²) in [5.74, 6) is 1.06. The van der Waals surface area contributed by atoms with Crippen molar-refractivity contribution >= 4 is 0 Å². The second-order valence-electron chi connectivity index (χ2n) is 4.21. The molecule has 90 valence electrons. The molecule has 17 heavy (non-hydrogen) atoms. The standard InChI is InChI=1S/C13H16N2O2/c1-8-5-9(2)12(10(3)6-8)13-15-14-11(17-13)7-16-4/h5-6H,7H2,1-4H3. The van der Waals surface area contributed by atoms with Gasteiger partial charge in [0.2, 0.25) is 11.8 Å². The summed E-state index contributed by atoms with van der Waals surface area (Å²) in [6.07, 6.45) is 0. The van der Waals surface area contributed by atoms with E-state index in [2.05, 4.69) is 43.1 Å². The molecule has 0 bridgehead atoms. The number of rotatable bonds is 3. The number of methoxy groups -OCH3 is 1. The van der Waals surface area contributed by atoms with Crippen LogP contribution in [0.4, 0.5) is 0 Å². The number of ether oxygens (including phenoxy) is 1. The van der Waals surface area contributed by atoms with Gasteiger partial charge in [-0.3, -0.25) is 0 Å². The number of hydrogen-bond acceptors (Lipinski definition) is 4. The number of benzene rings is 1. The van der Waals surface area contributed by atoms with Crippen LogP contribution in [0, 0.1) is 20.8 Å². The van der Waals surface area contributed by atoms with Gasteiger partial charge < -0.3 is 9.15 Å². The molecule has 4 heteroatoms. The zero-order chi connectivity index (χ0) is 12.4. The molecular weight excluding hydrogens is 216 g/mol. The van der Waals surface area contributed by atoms with Crippen LogP contribution in [0.25, 0.3) is 11.5 Å². The van der Waals surface area contributed by atoms with E-state index in [1.807, 2.05) is 0 Å². The first-order chi connectivity index (χ1) is 8.11. The highest BCUT2D eigenvalue weighted by atomic mass is 16.5. The third kappa shape index (κ3) is 2.36. The molecule has 0 unspecified atom stereocenters. The monoisotopic (exact) mass is 232 g/mol. The van der Waals surface area contributed by atoms with Crippen molar-refractivity contribution in [2.24, 2.45) is 0 Å². The Bertz CT molecular complexity index is 509. The molecule has 0 atom stereocenters. The second kappa shape index (κ2) is 4.67. The maximum Gasteiger partial charge on any atom is 0.248 e. The lowest BCUT2D eigenvalue weighted by atomic mass is 10.00. The lowest BCUT2D eigenvalue weighted by Crippen LogP contribution is -1.90. The van der Waals surface area contributed by atoms with E-state index in [9.17, 15) is 0 Å². The minimum Gasteiger partial charge on any atom is -0.418 e. The summed E-state index contributed by atoms with van der Waals surface area (Å²) in [5, 5.41) is 8.01. The molecule has 0 amide bonds. The summed E-state index contributed by atoms with van der Waals surface area (Å²) in [7, 11) is 1.60. The number of hydrogen-bond donors (Lipinski definition) is 0. The van der Waals surface area contributed by atoms with Gasteiger partial charge in [-0.1, -0.05) is 17.7 Å². The molecule has 0 spiro atoms. The van der Waals surface area contributed by atoms with E-state index in [1.165, 1.54) is 5.56 Å². The fourth-order valence-electron chi connectivity index (χ4n) is 2.05. The van der Waals surface area contributed by atoms with Crippen LogP contribution in [-0.2, 0) is 11.3 Å². The summed E-state index contributed by atoms with van der Waals surface area (Å²) in [5.41, 5.74) is 4.55. The highest BCUT2D eigenvalue weighted by molar-refractivity contribution is 5.63. The fourth-order valence-corrected chi connectivity index (χ4v) is 2.05. The van der Waals surface area contributed by atoms with Crippen LogP contribution in [0.1, 0.15) is 22.6 Å². The molecule has 0 aliphatic carbocycles. The normalized spacial score (nSPS) is 10.8. The number of aryl methyl sites for hydroxylation is 3. The van der Waals surface area contributed by atoms with E-state index in [4.69, 9.17) is 9.15 Å². The van der Waals surface area contributed by atoms with Crippen molar-refractivity contribution in [1.29, 1.82) is 0 Å². The lowest BCUT2D eigenvalue weighted by Gasteiger charge is -2.06. The van der Waals surface area contributed by atoms with Gasteiger partial charge in [-0.05, 0) is 31.9 Å². The molecule has 1 heterocycles. The van der Waals surface area contributed by atoms with Gasteiger partial charge in [0, 0.05) is 12.7 Å². The predicted molar refractivity (Wildman–Crippen MR) is 64.7 cm³/mol. The van der Waals surface area contributed by atoms with Gasteiger partial charge in [0.15, 0.2) is 0 Å². The largest absolute Gasteiger partial charge is 0.418 e. The van der Waals surface area contributed by atoms with Crippen LogP contribution in [0.3, 0.4) is 0 Å². The molecule has 2 aromatic rings. The van der Waals surface area contributed by atoms with Crippen LogP contribution in [0.2, 0.25) is 0 Å². The lowest BCUT2D eigenvalue weighted by molar-refractivity contribution is 0.160. The molecule has 1 aromatic heterocycles. The Morgan fingerprint density at radius 1 is 1.12 bits per heavy atom. The molecule has 2 rings (SSSR count). The van der Waals surface area contributed by atoms with E-state index >= 15 is 0 Å². The maximum absolute atomic E-state index is 5.56. The Morgan fingerprint density at radius 3 is 2.35 bits per heavy atom. The molecule has 0 aliphatic rings. The van der Waals surface area contributed by atoms with Crippen LogP contribution in [0.15, 0.2) is 16.5 Å². The van der Waals surface area contributed by atoms with E-state index in [1.54, 1.807) is 7.11 Å². The summed E-state index contributed by atoms with van der Waals surface area (Å²) in [6, 6.07) is 4.23. The Morgan fingerprint density at radius 2 is 1.76 bits per heavy atom. The zero-order valence-electron chi connectivity index (χ0n) is 10.6. The van der Waals surface area contributed by atoms with Crippen LogP contribution < -0.4 is 0 Å². The first-order valence-corrected chi connectivity index (χ1v) is 5.51. The average molecular weight is 232 g/mol. The van der Waals surface area contributed by atoms with Crippen molar-refractivity contribution < 1.29 is 9.15 Å². The third-order valence-corrected chi connectivity index (χ3v) is 2.63. The topological polar surface area (TPSA) is 48.2 Å². The Kier molecular flexibility index (Phi) is 3.24. The van der Waals surface area contributed by atoms with Gasteiger partial charge >= 0.3 is 0 Å². The third-order valence-electron chi connectivity index (χ3n) is 2.63. The minimum atomic E-state index is 0.344. The molecule has 0 aliphatic heterocycles. The average Bonchev–Trinajstić information content (AvgIpc) is 2.65. The van der Waals surface area contributed by atoms with E-state index < -0.39 is 0 Å². The van der Waals surface area contributed by atoms with Crippen molar-refractivity contribution in [3.05, 3.63) is 34.7 Å². The van der Waals surface area contributed by atoms with Gasteiger partial charge in [-0.2, -0.15) is 0 Å². The Hall–Kier alpha value is -1.68. The van der Waals surface area contributed by atoms with Crippen molar-refractivity contribution in [3.8, 4) is 11.5 Å². The first-order valence-electron chi connectivity index (χ1n) is 5.51. The molecule has 0 N–H and O–H groups in total. The molecule has 4 nitrogen and oxygen atoms in total. The number of aromatic nitrogens is 2. The zero-order valence-corrected chi connectivity index (χ0v) is 10.6. The molecule has 0 fully saturated rings. The van der Waals surface area contributed by atoms with Crippen LogP contribution >= 0.6 is 0 Å². The van der Waals surface area contributed by atoms with Gasteiger partial charge in [-0.15, -0.1) is 10.2 Å². The van der Waals surface area contributed by atoms with Gasteiger partial charge in [0.1, 0.15) is 6.61 Å². The Balaban J connectivity index is 2.45. The Labute approximate surface area is 101 Å². The van der Waals surface area contributed by atoms with Crippen LogP contribution in [-0.4, -0.2) is 17.3 Å². The van der Waals surface area contributed by atoms with Crippen molar-refractivity contribution in [2.75, 3.05) is 7.11 Å². The van der Waals surface area contributed by atoms with E-state index in [0.29, 0.717) is 18.4 Å². The minimum absolute atomic E-state index is 0.344. The summed E-state index contributed by atoms with van der Waals surface area (Å²) in [6.45, 7) is 6.52. The molecular formula is C13H16N2O2. The highest BCUT2D eigenvalue weighted by Crippen LogP contribution is 2.27. The molecule has 1 aromatic carbocycles. The summed E-state index contributed by atoms with van der Waals surface area (Å²) >= 11 is 0. The van der Waals surface area contributed by atoms with Crippen LogP contribution in [0.5, 0.6) is 0 Å². The van der Waals surface area contributed by atoms with Gasteiger partial charge in [0.05, 0.1) is 0 Å².